The van der Waals surface area contributed by atoms with Gasteiger partial charge in [-0.25, -0.2) is 5.43 Å². The van der Waals surface area contributed by atoms with Crippen LogP contribution < -0.4 is 5.43 Å². The number of H-pyrrole nitrogens is 1. The Hall–Kier alpha value is -2.80. The molecular formula is C22H26N6O. The number of rotatable bonds is 4. The highest BCUT2D eigenvalue weighted by Gasteiger charge is 2.28. The molecule has 0 atom stereocenters. The van der Waals surface area contributed by atoms with E-state index < -0.39 is 0 Å². The molecule has 7 heteroatoms. The molecule has 150 valence electrons. The zero-order valence-electron chi connectivity index (χ0n) is 16.6. The second kappa shape index (κ2) is 7.91. The van der Waals surface area contributed by atoms with E-state index in [-0.39, 0.29) is 5.91 Å². The highest BCUT2D eigenvalue weighted by molar-refractivity contribution is 6.32. The smallest absolute Gasteiger partial charge is 0.273 e. The molecule has 2 aromatic heterocycles. The number of aryl methyl sites for hydroxylation is 1. The average Bonchev–Trinajstić information content (AvgIpc) is 3.30. The minimum absolute atomic E-state index is 0.192. The van der Waals surface area contributed by atoms with E-state index in [0.29, 0.717) is 17.0 Å². The number of hydrogen-bond donors (Lipinski definition) is 2. The molecule has 7 nitrogen and oxygen atoms in total. The number of aromatic nitrogens is 3. The molecule has 2 aromatic rings. The van der Waals surface area contributed by atoms with Crippen LogP contribution in [-0.4, -0.2) is 44.8 Å². The van der Waals surface area contributed by atoms with Gasteiger partial charge < -0.3 is 4.98 Å². The Morgan fingerprint density at radius 2 is 1.97 bits per heavy atom. The van der Waals surface area contributed by atoms with Crippen molar-refractivity contribution < 1.29 is 4.79 Å². The van der Waals surface area contributed by atoms with E-state index in [1.165, 1.54) is 48.9 Å². The van der Waals surface area contributed by atoms with Gasteiger partial charge in [-0.05, 0) is 81.0 Å². The van der Waals surface area contributed by atoms with Gasteiger partial charge >= 0.3 is 0 Å². The zero-order chi connectivity index (χ0) is 19.6. The first-order valence-electron chi connectivity index (χ1n) is 10.6. The Bertz CT molecular complexity index is 969. The van der Waals surface area contributed by atoms with Crippen LogP contribution in [0.3, 0.4) is 0 Å². The monoisotopic (exact) mass is 390 g/mol. The molecule has 2 N–H and O–H groups in total. The predicted octanol–water partition coefficient (Wildman–Crippen LogP) is 2.59. The molecule has 3 aliphatic rings. The number of aromatic amines is 1. The molecule has 29 heavy (non-hydrogen) atoms. The van der Waals surface area contributed by atoms with Crippen molar-refractivity contribution in [1.29, 1.82) is 0 Å². The molecule has 1 amide bonds. The lowest BCUT2D eigenvalue weighted by Crippen LogP contribution is -2.29. The van der Waals surface area contributed by atoms with Gasteiger partial charge in [0.25, 0.3) is 5.91 Å². The fourth-order valence-electron chi connectivity index (χ4n) is 4.66. The highest BCUT2D eigenvalue weighted by Crippen LogP contribution is 2.31. The molecule has 0 radical (unpaired) electrons. The van der Waals surface area contributed by atoms with Gasteiger partial charge in [-0.3, -0.25) is 9.69 Å². The third-order valence-corrected chi connectivity index (χ3v) is 6.15. The van der Waals surface area contributed by atoms with Gasteiger partial charge in [-0.1, -0.05) is 6.42 Å². The Balaban J connectivity index is 1.53. The maximum absolute atomic E-state index is 12.5. The number of nitrogens with one attached hydrogen (secondary N) is 2. The van der Waals surface area contributed by atoms with Crippen LogP contribution in [0, 0.1) is 0 Å². The molecule has 0 aromatic carbocycles. The van der Waals surface area contributed by atoms with E-state index in [0.717, 1.165) is 38.2 Å². The SMILES string of the molecule is O=C1NN=C(c2cccnn2)C1=Cc1[nH]c2c(c1CN1CCCCC1)CCCC2. The van der Waals surface area contributed by atoms with Crippen molar-refractivity contribution in [2.45, 2.75) is 51.5 Å². The molecule has 1 aliphatic carbocycles. The summed E-state index contributed by atoms with van der Waals surface area (Å²) in [6.45, 7) is 3.26. The lowest BCUT2D eigenvalue weighted by atomic mass is 9.93. The lowest BCUT2D eigenvalue weighted by Gasteiger charge is -2.27. The number of amides is 1. The number of hydrazone groups is 1. The summed E-state index contributed by atoms with van der Waals surface area (Å²) >= 11 is 0. The van der Waals surface area contributed by atoms with Crippen molar-refractivity contribution in [3.63, 3.8) is 0 Å². The summed E-state index contributed by atoms with van der Waals surface area (Å²) in [6.07, 6.45) is 12.1. The summed E-state index contributed by atoms with van der Waals surface area (Å²) < 4.78 is 0. The molecule has 0 saturated carbocycles. The highest BCUT2D eigenvalue weighted by atomic mass is 16.2. The van der Waals surface area contributed by atoms with Gasteiger partial charge in [0.15, 0.2) is 0 Å². The third kappa shape index (κ3) is 3.62. The molecule has 5 rings (SSSR count). The number of carbonyl (C=O) groups is 1. The standard InChI is InChI=1S/C22H26N6O/c29-22-16(21(26-27-22)19-9-6-10-23-25-19)13-20-17(14-28-11-4-1-5-12-28)15-7-2-3-8-18(15)24-20/h6,9-10,13,24H,1-5,7-8,11-12,14H2,(H,27,29). The average molecular weight is 390 g/mol. The second-order valence-electron chi connectivity index (χ2n) is 8.09. The van der Waals surface area contributed by atoms with Gasteiger partial charge in [0.05, 0.1) is 5.57 Å². The van der Waals surface area contributed by atoms with Crippen LogP contribution >= 0.6 is 0 Å². The number of carbonyl (C=O) groups excluding carboxylic acids is 1. The number of nitrogens with zero attached hydrogens (tertiary/aromatic N) is 4. The number of hydrogen-bond acceptors (Lipinski definition) is 5. The lowest BCUT2D eigenvalue weighted by molar-refractivity contribution is -0.116. The van der Waals surface area contributed by atoms with Crippen LogP contribution in [0.1, 0.15) is 60.3 Å². The summed E-state index contributed by atoms with van der Waals surface area (Å²) in [5.41, 5.74) is 9.50. The van der Waals surface area contributed by atoms with E-state index in [2.05, 4.69) is 30.6 Å². The van der Waals surface area contributed by atoms with E-state index >= 15 is 0 Å². The normalized spacial score (nSPS) is 21.2. The Labute approximate surface area is 170 Å². The van der Waals surface area contributed by atoms with Crippen LogP contribution in [0.25, 0.3) is 6.08 Å². The molecule has 2 aliphatic heterocycles. The van der Waals surface area contributed by atoms with E-state index in [4.69, 9.17) is 0 Å². The Morgan fingerprint density at radius 1 is 1.10 bits per heavy atom. The van der Waals surface area contributed by atoms with Gasteiger partial charge in [0.2, 0.25) is 0 Å². The minimum Gasteiger partial charge on any atom is -0.358 e. The Morgan fingerprint density at radius 3 is 2.79 bits per heavy atom. The molecule has 1 saturated heterocycles. The first kappa shape index (κ1) is 18.2. The van der Waals surface area contributed by atoms with Crippen molar-refractivity contribution in [2.24, 2.45) is 5.10 Å². The van der Waals surface area contributed by atoms with Crippen LogP contribution in [0.5, 0.6) is 0 Å². The Kier molecular flexibility index (Phi) is 4.97. The molecule has 0 bridgehead atoms. The fourth-order valence-corrected chi connectivity index (χ4v) is 4.66. The molecule has 4 heterocycles. The first-order chi connectivity index (χ1) is 14.3. The quantitative estimate of drug-likeness (QED) is 0.786. The van der Waals surface area contributed by atoms with Crippen molar-refractivity contribution in [2.75, 3.05) is 13.1 Å². The molecular weight excluding hydrogens is 364 g/mol. The van der Waals surface area contributed by atoms with Crippen LogP contribution in [0.2, 0.25) is 0 Å². The van der Waals surface area contributed by atoms with E-state index in [1.54, 1.807) is 12.3 Å². The van der Waals surface area contributed by atoms with E-state index in [1.807, 2.05) is 12.1 Å². The van der Waals surface area contributed by atoms with Gasteiger partial charge in [0.1, 0.15) is 11.4 Å². The maximum atomic E-state index is 12.5. The third-order valence-electron chi connectivity index (χ3n) is 6.15. The summed E-state index contributed by atoms with van der Waals surface area (Å²) in [6, 6.07) is 3.63. The van der Waals surface area contributed by atoms with Gasteiger partial charge in [-0.2, -0.15) is 10.2 Å². The van der Waals surface area contributed by atoms with Crippen molar-refractivity contribution in [3.8, 4) is 0 Å². The van der Waals surface area contributed by atoms with Gasteiger partial charge in [-0.15, -0.1) is 5.10 Å². The summed E-state index contributed by atoms with van der Waals surface area (Å²) in [4.78, 5) is 18.7. The fraction of sp³-hybridized carbons (Fsp3) is 0.455. The molecule has 0 spiro atoms. The van der Waals surface area contributed by atoms with Gasteiger partial charge in [0, 0.05) is 24.1 Å². The van der Waals surface area contributed by atoms with Crippen molar-refractivity contribution in [1.82, 2.24) is 25.5 Å². The summed E-state index contributed by atoms with van der Waals surface area (Å²) in [7, 11) is 0. The van der Waals surface area contributed by atoms with Crippen LogP contribution in [0.4, 0.5) is 0 Å². The van der Waals surface area contributed by atoms with Crippen molar-refractivity contribution in [3.05, 3.63) is 52.1 Å². The van der Waals surface area contributed by atoms with Crippen LogP contribution in [0.15, 0.2) is 29.0 Å². The second-order valence-corrected chi connectivity index (χ2v) is 8.09. The zero-order valence-corrected chi connectivity index (χ0v) is 16.6. The summed E-state index contributed by atoms with van der Waals surface area (Å²) in [5.74, 6) is -0.192. The summed E-state index contributed by atoms with van der Waals surface area (Å²) in [5, 5.41) is 12.3. The minimum atomic E-state index is -0.192. The molecule has 0 unspecified atom stereocenters. The topological polar surface area (TPSA) is 86.3 Å². The van der Waals surface area contributed by atoms with E-state index in [9.17, 15) is 4.79 Å². The first-order valence-corrected chi connectivity index (χ1v) is 10.6. The van der Waals surface area contributed by atoms with Crippen molar-refractivity contribution >= 4 is 17.7 Å². The number of piperidine rings is 1. The number of likely N-dealkylation sites (tertiary alicyclic amines) is 1. The largest absolute Gasteiger partial charge is 0.358 e. The maximum Gasteiger partial charge on any atom is 0.273 e. The molecule has 1 fully saturated rings. The predicted molar refractivity (Wildman–Crippen MR) is 111 cm³/mol. The van der Waals surface area contributed by atoms with Crippen LogP contribution in [-0.2, 0) is 24.2 Å². The number of fused-ring (bicyclic) bond motifs is 1.